The second kappa shape index (κ2) is 5.83. The zero-order valence-electron chi connectivity index (χ0n) is 11.8. The summed E-state index contributed by atoms with van der Waals surface area (Å²) in [6, 6.07) is 9.29. The molecule has 4 nitrogen and oxygen atoms in total. The predicted octanol–water partition coefficient (Wildman–Crippen LogP) is 3.73. The lowest BCUT2D eigenvalue weighted by Crippen LogP contribution is -2.18. The summed E-state index contributed by atoms with van der Waals surface area (Å²) in [5.74, 6) is 0.246. The van der Waals surface area contributed by atoms with Gasteiger partial charge >= 0.3 is 6.18 Å². The topological polar surface area (TPSA) is 47.6 Å². The Hall–Kier alpha value is -2.70. The number of fused-ring (bicyclic) bond motifs is 1. The van der Waals surface area contributed by atoms with E-state index in [4.69, 9.17) is 9.47 Å². The quantitative estimate of drug-likeness (QED) is 0.916. The fourth-order valence-electron chi connectivity index (χ4n) is 2.22. The van der Waals surface area contributed by atoms with E-state index in [9.17, 15) is 18.0 Å². The number of alkyl halides is 3. The first-order valence-corrected chi connectivity index (χ1v) is 6.82. The molecule has 1 amide bonds. The Morgan fingerprint density at radius 2 is 1.70 bits per heavy atom. The number of amides is 1. The van der Waals surface area contributed by atoms with Gasteiger partial charge < -0.3 is 14.8 Å². The number of hydrogen-bond donors (Lipinski definition) is 1. The van der Waals surface area contributed by atoms with E-state index in [1.807, 2.05) is 0 Å². The lowest BCUT2D eigenvalue weighted by atomic mass is 10.1. The molecule has 120 valence electrons. The van der Waals surface area contributed by atoms with E-state index < -0.39 is 17.6 Å². The van der Waals surface area contributed by atoms with E-state index in [-0.39, 0.29) is 11.3 Å². The number of nitrogens with one attached hydrogen (secondary N) is 1. The number of halogens is 3. The molecule has 1 N–H and O–H groups in total. The van der Waals surface area contributed by atoms with Gasteiger partial charge in [0.1, 0.15) is 13.2 Å². The number of carbonyl (C=O) groups is 1. The predicted molar refractivity (Wildman–Crippen MR) is 76.8 cm³/mol. The third-order valence-electron chi connectivity index (χ3n) is 3.29. The Balaban J connectivity index is 1.85. The van der Waals surface area contributed by atoms with Gasteiger partial charge in [0, 0.05) is 5.56 Å². The van der Waals surface area contributed by atoms with Crippen molar-refractivity contribution in [1.29, 1.82) is 0 Å². The zero-order chi connectivity index (χ0) is 16.4. The van der Waals surface area contributed by atoms with Crippen LogP contribution < -0.4 is 14.8 Å². The summed E-state index contributed by atoms with van der Waals surface area (Å²) in [7, 11) is 0. The zero-order valence-corrected chi connectivity index (χ0v) is 11.8. The van der Waals surface area contributed by atoms with Crippen molar-refractivity contribution >= 4 is 11.6 Å². The molecule has 1 aliphatic rings. The molecule has 1 aliphatic heterocycles. The Kier molecular flexibility index (Phi) is 3.85. The molecule has 0 atom stereocenters. The molecule has 0 bridgehead atoms. The van der Waals surface area contributed by atoms with Crippen LogP contribution in [0.15, 0.2) is 42.5 Å². The third-order valence-corrected chi connectivity index (χ3v) is 3.29. The minimum atomic E-state index is -4.54. The number of benzene rings is 2. The first kappa shape index (κ1) is 15.2. The standard InChI is InChI=1S/C16H12F3NO3/c17-16(18,19)11-3-1-2-4-12(11)20-15(21)10-5-6-13-14(9-10)23-8-7-22-13/h1-6,9H,7-8H2,(H,20,21). The van der Waals surface area contributed by atoms with E-state index in [0.717, 1.165) is 6.07 Å². The van der Waals surface area contributed by atoms with Gasteiger partial charge in [-0.25, -0.2) is 0 Å². The van der Waals surface area contributed by atoms with Gasteiger partial charge in [0.2, 0.25) is 0 Å². The van der Waals surface area contributed by atoms with Crippen molar-refractivity contribution in [1.82, 2.24) is 0 Å². The molecular weight excluding hydrogens is 311 g/mol. The van der Waals surface area contributed by atoms with Gasteiger partial charge in [-0.15, -0.1) is 0 Å². The first-order chi connectivity index (χ1) is 10.9. The minimum Gasteiger partial charge on any atom is -0.486 e. The van der Waals surface area contributed by atoms with Crippen LogP contribution in [0.25, 0.3) is 0 Å². The largest absolute Gasteiger partial charge is 0.486 e. The molecule has 0 saturated carbocycles. The van der Waals surface area contributed by atoms with Crippen molar-refractivity contribution in [3.05, 3.63) is 53.6 Å². The molecule has 7 heteroatoms. The molecule has 0 radical (unpaired) electrons. The summed E-state index contributed by atoms with van der Waals surface area (Å²) in [4.78, 5) is 12.2. The average molecular weight is 323 g/mol. The van der Waals surface area contributed by atoms with Crippen molar-refractivity contribution in [3.63, 3.8) is 0 Å². The molecule has 0 saturated heterocycles. The summed E-state index contributed by atoms with van der Waals surface area (Å²) < 4.78 is 49.5. The highest BCUT2D eigenvalue weighted by Gasteiger charge is 2.33. The van der Waals surface area contributed by atoms with Crippen LogP contribution in [0.4, 0.5) is 18.9 Å². The van der Waals surface area contributed by atoms with Gasteiger partial charge in [-0.1, -0.05) is 12.1 Å². The maximum atomic E-state index is 12.9. The summed E-state index contributed by atoms with van der Waals surface area (Å²) in [6.45, 7) is 0.770. The number of rotatable bonds is 2. The van der Waals surface area contributed by atoms with Gasteiger partial charge in [0.15, 0.2) is 11.5 Å². The maximum Gasteiger partial charge on any atom is 0.418 e. The highest BCUT2D eigenvalue weighted by atomic mass is 19.4. The molecule has 0 aliphatic carbocycles. The van der Waals surface area contributed by atoms with Crippen LogP contribution in [0.5, 0.6) is 11.5 Å². The van der Waals surface area contributed by atoms with E-state index in [2.05, 4.69) is 5.32 Å². The van der Waals surface area contributed by atoms with E-state index >= 15 is 0 Å². The molecule has 2 aromatic carbocycles. The van der Waals surface area contributed by atoms with Crippen LogP contribution in [0.3, 0.4) is 0 Å². The summed E-state index contributed by atoms with van der Waals surface area (Å²) in [6.07, 6.45) is -4.54. The average Bonchev–Trinajstić information content (AvgIpc) is 2.54. The van der Waals surface area contributed by atoms with Crippen molar-refractivity contribution in [3.8, 4) is 11.5 Å². The molecule has 3 rings (SSSR count). The smallest absolute Gasteiger partial charge is 0.418 e. The lowest BCUT2D eigenvalue weighted by Gasteiger charge is -2.19. The van der Waals surface area contributed by atoms with Crippen LogP contribution >= 0.6 is 0 Å². The van der Waals surface area contributed by atoms with Gasteiger partial charge in [-0.3, -0.25) is 4.79 Å². The van der Waals surface area contributed by atoms with Crippen molar-refractivity contribution in [2.24, 2.45) is 0 Å². The number of anilines is 1. The Labute approximate surface area is 129 Å². The number of hydrogen-bond acceptors (Lipinski definition) is 3. The molecular formula is C16H12F3NO3. The number of para-hydroxylation sites is 1. The highest BCUT2D eigenvalue weighted by Crippen LogP contribution is 2.35. The summed E-state index contributed by atoms with van der Waals surface area (Å²) in [5.41, 5.74) is -1.00. The summed E-state index contributed by atoms with van der Waals surface area (Å²) >= 11 is 0. The molecule has 23 heavy (non-hydrogen) atoms. The molecule has 0 fully saturated rings. The van der Waals surface area contributed by atoms with Crippen molar-refractivity contribution in [2.75, 3.05) is 18.5 Å². The van der Waals surface area contributed by atoms with Gasteiger partial charge in [-0.2, -0.15) is 13.2 Å². The Morgan fingerprint density at radius 3 is 2.43 bits per heavy atom. The third kappa shape index (κ3) is 3.23. The van der Waals surface area contributed by atoms with Crippen LogP contribution in [0.1, 0.15) is 15.9 Å². The Morgan fingerprint density at radius 1 is 1.00 bits per heavy atom. The van der Waals surface area contributed by atoms with E-state index in [1.54, 1.807) is 6.07 Å². The van der Waals surface area contributed by atoms with Crippen LogP contribution in [0.2, 0.25) is 0 Å². The van der Waals surface area contributed by atoms with Crippen molar-refractivity contribution < 1.29 is 27.4 Å². The van der Waals surface area contributed by atoms with Crippen LogP contribution in [-0.2, 0) is 6.18 Å². The Bertz CT molecular complexity index is 744. The molecule has 0 unspecified atom stereocenters. The highest BCUT2D eigenvalue weighted by molar-refractivity contribution is 6.05. The lowest BCUT2D eigenvalue weighted by molar-refractivity contribution is -0.136. The summed E-state index contributed by atoms with van der Waals surface area (Å²) in [5, 5.41) is 2.28. The van der Waals surface area contributed by atoms with Crippen LogP contribution in [0, 0.1) is 0 Å². The van der Waals surface area contributed by atoms with E-state index in [1.165, 1.54) is 30.3 Å². The fraction of sp³-hybridized carbons (Fsp3) is 0.188. The number of carbonyl (C=O) groups excluding carboxylic acids is 1. The monoisotopic (exact) mass is 323 g/mol. The van der Waals surface area contributed by atoms with Gasteiger partial charge in [0.05, 0.1) is 11.3 Å². The molecule has 0 spiro atoms. The molecule has 0 aromatic heterocycles. The van der Waals surface area contributed by atoms with E-state index in [0.29, 0.717) is 24.7 Å². The SMILES string of the molecule is O=C(Nc1ccccc1C(F)(F)F)c1ccc2c(c1)OCCO2. The van der Waals surface area contributed by atoms with Gasteiger partial charge in [-0.05, 0) is 30.3 Å². The maximum absolute atomic E-state index is 12.9. The normalized spacial score (nSPS) is 13.5. The first-order valence-electron chi connectivity index (χ1n) is 6.82. The number of ether oxygens (including phenoxy) is 2. The second-order valence-corrected chi connectivity index (χ2v) is 4.86. The fourth-order valence-corrected chi connectivity index (χ4v) is 2.22. The minimum absolute atomic E-state index is 0.186. The van der Waals surface area contributed by atoms with Gasteiger partial charge in [0.25, 0.3) is 5.91 Å². The second-order valence-electron chi connectivity index (χ2n) is 4.86. The van der Waals surface area contributed by atoms with Crippen LogP contribution in [-0.4, -0.2) is 19.1 Å². The molecule has 1 heterocycles. The van der Waals surface area contributed by atoms with Crippen molar-refractivity contribution in [2.45, 2.75) is 6.18 Å². The molecule has 2 aromatic rings.